The summed E-state index contributed by atoms with van der Waals surface area (Å²) in [6.45, 7) is 4.09. The van der Waals surface area contributed by atoms with Crippen LogP contribution in [0.2, 0.25) is 0 Å². The number of nitrogens with one attached hydrogen (secondary N) is 1. The zero-order valence-electron chi connectivity index (χ0n) is 15.6. The van der Waals surface area contributed by atoms with E-state index in [2.05, 4.69) is 16.4 Å². The highest BCUT2D eigenvalue weighted by Crippen LogP contribution is 2.26. The number of hydrogen-bond donors (Lipinski definition) is 1. The number of benzene rings is 2. The molecule has 0 aliphatic heterocycles. The van der Waals surface area contributed by atoms with Gasteiger partial charge in [-0.1, -0.05) is 42.0 Å². The van der Waals surface area contributed by atoms with Crippen molar-refractivity contribution in [1.29, 1.82) is 5.26 Å². The maximum atomic E-state index is 12.1. The molecule has 2 aromatic carbocycles. The predicted molar refractivity (Wildman–Crippen MR) is 112 cm³/mol. The van der Waals surface area contributed by atoms with E-state index in [-0.39, 0.29) is 0 Å². The Kier molecular flexibility index (Phi) is 6.20. The van der Waals surface area contributed by atoms with Gasteiger partial charge >= 0.3 is 5.97 Å². The third-order valence-corrected chi connectivity index (χ3v) is 4.87. The first-order chi connectivity index (χ1) is 13.6. The smallest absolute Gasteiger partial charge is 0.340 e. The van der Waals surface area contributed by atoms with E-state index in [0.29, 0.717) is 28.4 Å². The number of nitrogens with zero attached hydrogens (tertiary/aromatic N) is 2. The standard InChI is InChI=1S/C22H19N3O2S/c1-3-27-22(26)18-6-4-5-7-19(18)24-13-17(12-23)21-25-20(14-28-21)16-10-8-15(2)9-11-16/h4-11,13-14,24H,3H2,1-2H3. The molecule has 140 valence electrons. The molecule has 3 rings (SSSR count). The lowest BCUT2D eigenvalue weighted by molar-refractivity contribution is 0.0527. The third kappa shape index (κ3) is 4.45. The van der Waals surface area contributed by atoms with E-state index < -0.39 is 5.97 Å². The summed E-state index contributed by atoms with van der Waals surface area (Å²) in [4.78, 5) is 16.7. The lowest BCUT2D eigenvalue weighted by atomic mass is 10.1. The lowest BCUT2D eigenvalue weighted by Crippen LogP contribution is -2.07. The lowest BCUT2D eigenvalue weighted by Gasteiger charge is -2.08. The van der Waals surface area contributed by atoms with Gasteiger partial charge in [-0.2, -0.15) is 5.26 Å². The fourth-order valence-electron chi connectivity index (χ4n) is 2.54. The third-order valence-electron chi connectivity index (χ3n) is 4.00. The van der Waals surface area contributed by atoms with Crippen LogP contribution in [0.3, 0.4) is 0 Å². The monoisotopic (exact) mass is 389 g/mol. The summed E-state index contributed by atoms with van der Waals surface area (Å²) < 4.78 is 5.07. The van der Waals surface area contributed by atoms with Crippen LogP contribution in [0.15, 0.2) is 60.1 Å². The summed E-state index contributed by atoms with van der Waals surface area (Å²) in [5.74, 6) is -0.409. The Hall–Kier alpha value is -3.43. The van der Waals surface area contributed by atoms with Crippen molar-refractivity contribution in [3.05, 3.63) is 76.2 Å². The van der Waals surface area contributed by atoms with Crippen LogP contribution in [0.5, 0.6) is 0 Å². The number of thiazole rings is 1. The molecule has 0 bridgehead atoms. The summed E-state index contributed by atoms with van der Waals surface area (Å²) in [5, 5.41) is 15.1. The van der Waals surface area contributed by atoms with E-state index in [1.807, 2.05) is 42.6 Å². The predicted octanol–water partition coefficient (Wildman–Crippen LogP) is 5.27. The average molecular weight is 389 g/mol. The number of carbonyl (C=O) groups excluding carboxylic acids is 1. The topological polar surface area (TPSA) is 75.0 Å². The Morgan fingerprint density at radius 2 is 2.00 bits per heavy atom. The van der Waals surface area contributed by atoms with Crippen molar-refractivity contribution in [2.45, 2.75) is 13.8 Å². The molecular weight excluding hydrogens is 370 g/mol. The maximum absolute atomic E-state index is 12.1. The Morgan fingerprint density at radius 3 is 2.71 bits per heavy atom. The van der Waals surface area contributed by atoms with E-state index in [4.69, 9.17) is 4.74 Å². The largest absolute Gasteiger partial charge is 0.462 e. The number of aryl methyl sites for hydroxylation is 1. The number of nitriles is 1. The SMILES string of the molecule is CCOC(=O)c1ccccc1NC=C(C#N)c1nc(-c2ccc(C)cc2)cs1. The molecule has 1 aromatic heterocycles. The van der Waals surface area contributed by atoms with Gasteiger partial charge in [0.25, 0.3) is 0 Å². The highest BCUT2D eigenvalue weighted by atomic mass is 32.1. The van der Waals surface area contributed by atoms with Crippen LogP contribution in [-0.4, -0.2) is 17.6 Å². The first kappa shape index (κ1) is 19.3. The molecule has 0 aliphatic carbocycles. The van der Waals surface area contributed by atoms with Crippen molar-refractivity contribution in [2.24, 2.45) is 0 Å². The minimum absolute atomic E-state index is 0.299. The van der Waals surface area contributed by atoms with E-state index in [1.54, 1.807) is 31.3 Å². The molecular formula is C22H19N3O2S. The molecule has 0 atom stereocenters. The Bertz CT molecular complexity index is 1050. The minimum Gasteiger partial charge on any atom is -0.462 e. The molecule has 0 fully saturated rings. The highest BCUT2D eigenvalue weighted by Gasteiger charge is 2.12. The molecule has 0 amide bonds. The van der Waals surface area contributed by atoms with Crippen molar-refractivity contribution in [3.8, 4) is 17.3 Å². The Morgan fingerprint density at radius 1 is 1.25 bits per heavy atom. The zero-order chi connectivity index (χ0) is 19.9. The van der Waals surface area contributed by atoms with Gasteiger partial charge in [0.15, 0.2) is 0 Å². The number of carbonyl (C=O) groups is 1. The van der Waals surface area contributed by atoms with Crippen molar-refractivity contribution in [2.75, 3.05) is 11.9 Å². The molecule has 0 saturated carbocycles. The second-order valence-corrected chi connectivity index (χ2v) is 6.84. The van der Waals surface area contributed by atoms with Crippen molar-refractivity contribution >= 4 is 28.6 Å². The molecule has 3 aromatic rings. The van der Waals surface area contributed by atoms with Gasteiger partial charge in [-0.05, 0) is 26.0 Å². The normalized spacial score (nSPS) is 11.0. The van der Waals surface area contributed by atoms with Crippen LogP contribution in [0.25, 0.3) is 16.8 Å². The first-order valence-corrected chi connectivity index (χ1v) is 9.66. The van der Waals surface area contributed by atoms with Crippen LogP contribution in [0.4, 0.5) is 5.69 Å². The van der Waals surface area contributed by atoms with Crippen LogP contribution >= 0.6 is 11.3 Å². The summed E-state index contributed by atoms with van der Waals surface area (Å²) in [6, 6.07) is 17.3. The molecule has 28 heavy (non-hydrogen) atoms. The van der Waals surface area contributed by atoms with Crippen molar-refractivity contribution < 1.29 is 9.53 Å². The molecule has 0 unspecified atom stereocenters. The molecule has 1 N–H and O–H groups in total. The Labute approximate surface area is 167 Å². The number of aromatic nitrogens is 1. The molecule has 0 aliphatic rings. The van der Waals surface area contributed by atoms with E-state index >= 15 is 0 Å². The number of esters is 1. The van der Waals surface area contributed by atoms with Gasteiger partial charge in [0.2, 0.25) is 0 Å². The molecule has 6 heteroatoms. The molecule has 5 nitrogen and oxygen atoms in total. The van der Waals surface area contributed by atoms with E-state index in [1.165, 1.54) is 16.9 Å². The van der Waals surface area contributed by atoms with Crippen molar-refractivity contribution in [3.63, 3.8) is 0 Å². The molecule has 0 saturated heterocycles. The quantitative estimate of drug-likeness (QED) is 0.459. The fraction of sp³-hybridized carbons (Fsp3) is 0.136. The Balaban J connectivity index is 1.83. The first-order valence-electron chi connectivity index (χ1n) is 8.78. The van der Waals surface area contributed by atoms with Gasteiger partial charge in [-0.15, -0.1) is 11.3 Å². The highest BCUT2D eigenvalue weighted by molar-refractivity contribution is 7.11. The van der Waals surface area contributed by atoms with Gasteiger partial charge in [0.1, 0.15) is 16.6 Å². The van der Waals surface area contributed by atoms with E-state index in [0.717, 1.165) is 11.3 Å². The number of hydrogen-bond acceptors (Lipinski definition) is 6. The minimum atomic E-state index is -0.409. The van der Waals surface area contributed by atoms with Gasteiger partial charge in [-0.3, -0.25) is 0 Å². The number of rotatable bonds is 6. The van der Waals surface area contributed by atoms with Crippen LogP contribution in [0.1, 0.15) is 27.9 Å². The fourth-order valence-corrected chi connectivity index (χ4v) is 3.34. The molecule has 0 radical (unpaired) electrons. The van der Waals surface area contributed by atoms with Gasteiger partial charge in [0, 0.05) is 17.1 Å². The second kappa shape index (κ2) is 8.98. The summed E-state index contributed by atoms with van der Waals surface area (Å²) in [5.41, 5.74) is 4.39. The van der Waals surface area contributed by atoms with Gasteiger partial charge in [0.05, 0.1) is 23.6 Å². The van der Waals surface area contributed by atoms with Crippen molar-refractivity contribution in [1.82, 2.24) is 4.98 Å². The molecule has 1 heterocycles. The van der Waals surface area contributed by atoms with Crippen LogP contribution in [-0.2, 0) is 4.74 Å². The summed E-state index contributed by atoms with van der Waals surface area (Å²) in [7, 11) is 0. The zero-order valence-corrected chi connectivity index (χ0v) is 16.4. The van der Waals surface area contributed by atoms with Crippen LogP contribution < -0.4 is 5.32 Å². The molecule has 0 spiro atoms. The average Bonchev–Trinajstić information content (AvgIpc) is 3.19. The summed E-state index contributed by atoms with van der Waals surface area (Å²) in [6.07, 6.45) is 1.57. The van der Waals surface area contributed by atoms with E-state index in [9.17, 15) is 10.1 Å². The van der Waals surface area contributed by atoms with Gasteiger partial charge < -0.3 is 10.1 Å². The number of anilines is 1. The maximum Gasteiger partial charge on any atom is 0.340 e. The number of para-hydroxylation sites is 1. The second-order valence-electron chi connectivity index (χ2n) is 5.98. The van der Waals surface area contributed by atoms with Crippen LogP contribution in [0, 0.1) is 18.3 Å². The number of allylic oxidation sites excluding steroid dienone is 1. The van der Waals surface area contributed by atoms with Gasteiger partial charge in [-0.25, -0.2) is 9.78 Å². The summed E-state index contributed by atoms with van der Waals surface area (Å²) >= 11 is 1.40. The number of ether oxygens (including phenoxy) is 1.